The maximum absolute atomic E-state index is 12.5. The van der Waals surface area contributed by atoms with Crippen molar-refractivity contribution in [3.8, 4) is 0 Å². The quantitative estimate of drug-likeness (QED) is 0.588. The van der Waals surface area contributed by atoms with E-state index in [0.29, 0.717) is 22.0 Å². The number of aromatic amines is 1. The van der Waals surface area contributed by atoms with E-state index in [9.17, 15) is 14.4 Å². The molecule has 1 aromatic heterocycles. The van der Waals surface area contributed by atoms with Gasteiger partial charge in [0.05, 0.1) is 7.11 Å². The molecular weight excluding hydrogens is 370 g/mol. The Hall–Kier alpha value is -3.32. The summed E-state index contributed by atoms with van der Waals surface area (Å²) in [5, 5.41) is 6.58. The van der Waals surface area contributed by atoms with Crippen LogP contribution in [0.3, 0.4) is 0 Å². The number of nitrogens with one attached hydrogen (secondary N) is 3. The van der Waals surface area contributed by atoms with Gasteiger partial charge in [0, 0.05) is 27.2 Å². The number of benzene rings is 2. The fourth-order valence-corrected chi connectivity index (χ4v) is 2.67. The van der Waals surface area contributed by atoms with Crippen molar-refractivity contribution in [3.05, 3.63) is 64.8 Å². The summed E-state index contributed by atoms with van der Waals surface area (Å²) in [5.41, 5.74) is 1.91. The van der Waals surface area contributed by atoms with Crippen LogP contribution in [0.15, 0.2) is 48.5 Å². The number of methoxy groups -OCH3 is 1. The molecule has 1 heterocycles. The van der Waals surface area contributed by atoms with Gasteiger partial charge < -0.3 is 20.4 Å². The highest BCUT2D eigenvalue weighted by Crippen LogP contribution is 2.21. The zero-order valence-corrected chi connectivity index (χ0v) is 15.1. The number of H-pyrrole nitrogens is 1. The van der Waals surface area contributed by atoms with Crippen LogP contribution < -0.4 is 10.6 Å². The summed E-state index contributed by atoms with van der Waals surface area (Å²) in [6.07, 6.45) is 0. The summed E-state index contributed by atoms with van der Waals surface area (Å²) in [6.45, 7) is -0.233. The normalized spacial score (nSPS) is 10.4. The van der Waals surface area contributed by atoms with Crippen LogP contribution in [0.2, 0.25) is 5.02 Å². The lowest BCUT2D eigenvalue weighted by Gasteiger charge is -2.07. The lowest BCUT2D eigenvalue weighted by Crippen LogP contribution is -2.30. The van der Waals surface area contributed by atoms with Crippen LogP contribution in [0.25, 0.3) is 10.9 Å². The van der Waals surface area contributed by atoms with E-state index in [0.717, 1.165) is 10.9 Å². The van der Waals surface area contributed by atoms with Crippen LogP contribution in [0.4, 0.5) is 5.69 Å². The van der Waals surface area contributed by atoms with Crippen molar-refractivity contribution in [2.24, 2.45) is 0 Å². The number of anilines is 1. The average Bonchev–Trinajstić information content (AvgIpc) is 3.09. The maximum Gasteiger partial charge on any atom is 0.325 e. The molecule has 0 aliphatic rings. The van der Waals surface area contributed by atoms with Gasteiger partial charge in [0.2, 0.25) is 0 Å². The van der Waals surface area contributed by atoms with Gasteiger partial charge in [-0.15, -0.1) is 0 Å². The number of esters is 1. The molecule has 2 amide bonds. The number of carbonyl (C=O) groups is 3. The lowest BCUT2D eigenvalue weighted by atomic mass is 10.2. The molecule has 0 bridgehead atoms. The van der Waals surface area contributed by atoms with Crippen LogP contribution in [0.5, 0.6) is 0 Å². The van der Waals surface area contributed by atoms with Gasteiger partial charge in [0.15, 0.2) is 0 Å². The Morgan fingerprint density at radius 2 is 1.89 bits per heavy atom. The molecule has 2 aromatic carbocycles. The maximum atomic E-state index is 12.5. The van der Waals surface area contributed by atoms with E-state index in [2.05, 4.69) is 20.4 Å². The lowest BCUT2D eigenvalue weighted by molar-refractivity contribution is -0.139. The summed E-state index contributed by atoms with van der Waals surface area (Å²) >= 11 is 5.96. The molecule has 0 saturated carbocycles. The molecule has 0 atom stereocenters. The second kappa shape index (κ2) is 7.92. The number of aromatic nitrogens is 1. The first-order valence-corrected chi connectivity index (χ1v) is 8.39. The molecule has 0 fully saturated rings. The molecular formula is C19H16ClN3O4. The van der Waals surface area contributed by atoms with Crippen LogP contribution in [-0.4, -0.2) is 36.4 Å². The van der Waals surface area contributed by atoms with Crippen molar-refractivity contribution in [2.45, 2.75) is 0 Å². The Morgan fingerprint density at radius 1 is 1.07 bits per heavy atom. The Balaban J connectivity index is 1.72. The zero-order chi connectivity index (χ0) is 19.4. The number of carbonyl (C=O) groups excluding carboxylic acids is 3. The first kappa shape index (κ1) is 18.5. The molecule has 0 aliphatic carbocycles. The van der Waals surface area contributed by atoms with Gasteiger partial charge in [-0.1, -0.05) is 17.7 Å². The van der Waals surface area contributed by atoms with Crippen LogP contribution in [0.1, 0.15) is 20.8 Å². The third-order valence-electron chi connectivity index (χ3n) is 3.83. The topological polar surface area (TPSA) is 100 Å². The number of rotatable bonds is 5. The van der Waals surface area contributed by atoms with Gasteiger partial charge in [-0.05, 0) is 42.5 Å². The molecule has 7 nitrogen and oxygen atoms in total. The zero-order valence-electron chi connectivity index (χ0n) is 14.3. The Morgan fingerprint density at radius 3 is 2.67 bits per heavy atom. The average molecular weight is 386 g/mol. The van der Waals surface area contributed by atoms with E-state index in [1.807, 2.05) is 0 Å². The molecule has 138 valence electrons. The molecule has 27 heavy (non-hydrogen) atoms. The fourth-order valence-electron chi connectivity index (χ4n) is 2.49. The molecule has 3 aromatic rings. The summed E-state index contributed by atoms with van der Waals surface area (Å²) in [7, 11) is 1.24. The number of amides is 2. The fraction of sp³-hybridized carbons (Fsp3) is 0.105. The Labute approximate surface area is 159 Å². The third-order valence-corrected chi connectivity index (χ3v) is 4.07. The highest BCUT2D eigenvalue weighted by molar-refractivity contribution is 6.31. The monoisotopic (exact) mass is 385 g/mol. The van der Waals surface area contributed by atoms with Gasteiger partial charge in [-0.25, -0.2) is 0 Å². The number of ether oxygens (including phenoxy) is 1. The van der Waals surface area contributed by atoms with Gasteiger partial charge in [-0.3, -0.25) is 14.4 Å². The van der Waals surface area contributed by atoms with Crippen molar-refractivity contribution in [2.75, 3.05) is 19.0 Å². The number of halogens is 1. The highest BCUT2D eigenvalue weighted by atomic mass is 35.5. The molecule has 0 radical (unpaired) electrons. The second-order valence-corrected chi connectivity index (χ2v) is 6.14. The van der Waals surface area contributed by atoms with Gasteiger partial charge in [0.1, 0.15) is 12.2 Å². The minimum Gasteiger partial charge on any atom is -0.468 e. The van der Waals surface area contributed by atoms with E-state index in [4.69, 9.17) is 11.6 Å². The summed E-state index contributed by atoms with van der Waals surface area (Å²) < 4.78 is 4.47. The minimum atomic E-state index is -0.549. The van der Waals surface area contributed by atoms with Gasteiger partial charge in [-0.2, -0.15) is 0 Å². The van der Waals surface area contributed by atoms with Gasteiger partial charge >= 0.3 is 5.97 Å². The minimum absolute atomic E-state index is 0.233. The van der Waals surface area contributed by atoms with E-state index < -0.39 is 11.9 Å². The molecule has 0 saturated heterocycles. The smallest absolute Gasteiger partial charge is 0.325 e. The standard InChI is InChI=1S/C19H16ClN3O4/c1-27-17(24)10-21-18(25)11-3-2-4-14(8-11)22-19(26)16-9-12-7-13(20)5-6-15(12)23-16/h2-9,23H,10H2,1H3,(H,21,25)(H,22,26). The second-order valence-electron chi connectivity index (χ2n) is 5.71. The molecule has 0 unspecified atom stereocenters. The third kappa shape index (κ3) is 4.45. The van der Waals surface area contributed by atoms with Crippen molar-refractivity contribution >= 4 is 46.0 Å². The molecule has 0 spiro atoms. The predicted molar refractivity (Wildman–Crippen MR) is 102 cm³/mol. The SMILES string of the molecule is COC(=O)CNC(=O)c1cccc(NC(=O)c2cc3cc(Cl)ccc3[nH]2)c1. The predicted octanol–water partition coefficient (Wildman–Crippen LogP) is 2.98. The Kier molecular flexibility index (Phi) is 5.42. The number of hydrogen-bond acceptors (Lipinski definition) is 4. The first-order valence-electron chi connectivity index (χ1n) is 8.01. The number of fused-ring (bicyclic) bond motifs is 1. The molecule has 8 heteroatoms. The van der Waals surface area contributed by atoms with Crippen molar-refractivity contribution in [3.63, 3.8) is 0 Å². The van der Waals surface area contributed by atoms with Gasteiger partial charge in [0.25, 0.3) is 11.8 Å². The number of hydrogen-bond donors (Lipinski definition) is 3. The van der Waals surface area contributed by atoms with Crippen molar-refractivity contribution in [1.82, 2.24) is 10.3 Å². The highest BCUT2D eigenvalue weighted by Gasteiger charge is 2.12. The molecule has 3 N–H and O–H groups in total. The van der Waals surface area contributed by atoms with E-state index >= 15 is 0 Å². The first-order chi connectivity index (χ1) is 13.0. The summed E-state index contributed by atoms with van der Waals surface area (Å²) in [6, 6.07) is 13.4. The largest absolute Gasteiger partial charge is 0.468 e. The summed E-state index contributed by atoms with van der Waals surface area (Å²) in [4.78, 5) is 38.7. The summed E-state index contributed by atoms with van der Waals surface area (Å²) in [5.74, 6) is -1.35. The van der Waals surface area contributed by atoms with Crippen LogP contribution >= 0.6 is 11.6 Å². The van der Waals surface area contributed by atoms with Crippen LogP contribution in [0, 0.1) is 0 Å². The van der Waals surface area contributed by atoms with E-state index in [1.54, 1.807) is 42.5 Å². The van der Waals surface area contributed by atoms with Crippen molar-refractivity contribution in [1.29, 1.82) is 0 Å². The van der Waals surface area contributed by atoms with E-state index in [-0.39, 0.29) is 12.5 Å². The van der Waals surface area contributed by atoms with E-state index in [1.165, 1.54) is 13.2 Å². The Bertz CT molecular complexity index is 1030. The molecule has 3 rings (SSSR count). The van der Waals surface area contributed by atoms with Crippen molar-refractivity contribution < 1.29 is 19.1 Å². The van der Waals surface area contributed by atoms with Crippen LogP contribution in [-0.2, 0) is 9.53 Å². The molecule has 0 aliphatic heterocycles.